The Kier molecular flexibility index (Phi) is 2.12. The second-order valence-electron chi connectivity index (χ2n) is 7.15. The van der Waals surface area contributed by atoms with E-state index in [4.69, 9.17) is 4.74 Å². The van der Waals surface area contributed by atoms with Crippen LogP contribution in [0.3, 0.4) is 0 Å². The van der Waals surface area contributed by atoms with Crippen molar-refractivity contribution in [3.8, 4) is 0 Å². The third kappa shape index (κ3) is 1.48. The molecule has 0 saturated carbocycles. The molecule has 3 rings (SSSR count). The second-order valence-corrected chi connectivity index (χ2v) is 7.15. The standard InChI is InChI=1S/C15H24O/c1-14(2)8-9-15(3,4)12-10(14)6-5-7-11-13(12)16-11/h11,13H,5-9H2,1-4H3. The van der Waals surface area contributed by atoms with Gasteiger partial charge in [0.2, 0.25) is 0 Å². The highest BCUT2D eigenvalue weighted by Crippen LogP contribution is 2.56. The highest BCUT2D eigenvalue weighted by Gasteiger charge is 2.52. The van der Waals surface area contributed by atoms with Crippen LogP contribution in [0.5, 0.6) is 0 Å². The third-order valence-corrected chi connectivity index (χ3v) is 5.03. The Morgan fingerprint density at radius 1 is 1.06 bits per heavy atom. The molecule has 1 heteroatoms. The zero-order valence-electron chi connectivity index (χ0n) is 11.1. The van der Waals surface area contributed by atoms with Crippen LogP contribution in [0.25, 0.3) is 0 Å². The molecule has 16 heavy (non-hydrogen) atoms. The first-order chi connectivity index (χ1) is 7.42. The maximum absolute atomic E-state index is 5.90. The van der Waals surface area contributed by atoms with Crippen molar-refractivity contribution >= 4 is 0 Å². The van der Waals surface area contributed by atoms with E-state index in [0.717, 1.165) is 0 Å². The summed E-state index contributed by atoms with van der Waals surface area (Å²) in [5, 5.41) is 0. The molecule has 1 fully saturated rings. The summed E-state index contributed by atoms with van der Waals surface area (Å²) in [5.41, 5.74) is 4.24. The fourth-order valence-electron chi connectivity index (χ4n) is 3.81. The lowest BCUT2D eigenvalue weighted by Gasteiger charge is -2.43. The molecule has 0 amide bonds. The highest BCUT2D eigenvalue weighted by molar-refractivity contribution is 5.36. The van der Waals surface area contributed by atoms with Crippen LogP contribution in [0.1, 0.15) is 59.8 Å². The number of hydrogen-bond acceptors (Lipinski definition) is 1. The van der Waals surface area contributed by atoms with Crippen molar-refractivity contribution in [2.75, 3.05) is 0 Å². The van der Waals surface area contributed by atoms with Gasteiger partial charge in [-0.25, -0.2) is 0 Å². The molecule has 1 heterocycles. The van der Waals surface area contributed by atoms with Crippen LogP contribution in [0.2, 0.25) is 0 Å². The maximum atomic E-state index is 5.90. The average molecular weight is 220 g/mol. The summed E-state index contributed by atoms with van der Waals surface area (Å²) in [6.45, 7) is 9.70. The van der Waals surface area contributed by atoms with E-state index >= 15 is 0 Å². The normalized spacial score (nSPS) is 39.8. The molecule has 0 radical (unpaired) electrons. The molecule has 0 bridgehead atoms. The lowest BCUT2D eigenvalue weighted by molar-refractivity contribution is 0.231. The molecule has 2 atom stereocenters. The molecule has 0 N–H and O–H groups in total. The molecule has 3 aliphatic rings. The SMILES string of the molecule is CC1(C)CCC(C)(C)C2=C1CCCC1OC21. The van der Waals surface area contributed by atoms with Crippen LogP contribution >= 0.6 is 0 Å². The average Bonchev–Trinajstić information content (AvgIpc) is 2.89. The number of fused-ring (bicyclic) bond motifs is 2. The van der Waals surface area contributed by atoms with Crippen LogP contribution in [-0.4, -0.2) is 12.2 Å². The van der Waals surface area contributed by atoms with Crippen LogP contribution in [0, 0.1) is 10.8 Å². The lowest BCUT2D eigenvalue weighted by Crippen LogP contribution is -2.33. The number of epoxide rings is 1. The van der Waals surface area contributed by atoms with Gasteiger partial charge in [-0.2, -0.15) is 0 Å². The van der Waals surface area contributed by atoms with E-state index in [1.54, 1.807) is 11.1 Å². The highest BCUT2D eigenvalue weighted by atomic mass is 16.6. The minimum atomic E-state index is 0.384. The molecule has 1 nitrogen and oxygen atoms in total. The van der Waals surface area contributed by atoms with Crippen molar-refractivity contribution in [2.24, 2.45) is 10.8 Å². The summed E-state index contributed by atoms with van der Waals surface area (Å²) in [6.07, 6.45) is 7.67. The van der Waals surface area contributed by atoms with Crippen LogP contribution in [0.15, 0.2) is 11.1 Å². The van der Waals surface area contributed by atoms with Gasteiger partial charge in [-0.15, -0.1) is 0 Å². The molecule has 2 unspecified atom stereocenters. The number of hydrogen-bond donors (Lipinski definition) is 0. The Morgan fingerprint density at radius 2 is 1.75 bits per heavy atom. The number of rotatable bonds is 0. The summed E-state index contributed by atoms with van der Waals surface area (Å²) in [5.74, 6) is 0. The number of allylic oxidation sites excluding steroid dienone is 1. The van der Waals surface area contributed by atoms with Crippen LogP contribution < -0.4 is 0 Å². The Labute approximate surface area is 99.3 Å². The Balaban J connectivity index is 2.10. The molecule has 1 aliphatic heterocycles. The second kappa shape index (κ2) is 3.13. The quantitative estimate of drug-likeness (QED) is 0.442. The smallest absolute Gasteiger partial charge is 0.106 e. The van der Waals surface area contributed by atoms with Crippen molar-refractivity contribution in [3.63, 3.8) is 0 Å². The maximum Gasteiger partial charge on any atom is 0.106 e. The molecular weight excluding hydrogens is 196 g/mol. The summed E-state index contributed by atoms with van der Waals surface area (Å²) in [6, 6.07) is 0. The lowest BCUT2D eigenvalue weighted by atomic mass is 9.61. The van der Waals surface area contributed by atoms with Crippen LogP contribution in [-0.2, 0) is 4.74 Å². The fraction of sp³-hybridized carbons (Fsp3) is 0.867. The first-order valence-corrected chi connectivity index (χ1v) is 6.81. The topological polar surface area (TPSA) is 12.5 Å². The first-order valence-electron chi connectivity index (χ1n) is 6.81. The van der Waals surface area contributed by atoms with Crippen molar-refractivity contribution < 1.29 is 4.74 Å². The van der Waals surface area contributed by atoms with Gasteiger partial charge in [-0.1, -0.05) is 33.3 Å². The van der Waals surface area contributed by atoms with Gasteiger partial charge >= 0.3 is 0 Å². The van der Waals surface area contributed by atoms with Gasteiger partial charge in [0, 0.05) is 0 Å². The fourth-order valence-corrected chi connectivity index (χ4v) is 3.81. The van der Waals surface area contributed by atoms with E-state index in [0.29, 0.717) is 23.0 Å². The summed E-state index contributed by atoms with van der Waals surface area (Å²) >= 11 is 0. The Hall–Kier alpha value is -0.300. The van der Waals surface area contributed by atoms with Gasteiger partial charge < -0.3 is 4.74 Å². The molecular formula is C15H24O. The molecule has 0 aromatic carbocycles. The molecule has 1 saturated heterocycles. The van der Waals surface area contributed by atoms with Gasteiger partial charge in [0.15, 0.2) is 0 Å². The van der Waals surface area contributed by atoms with E-state index in [9.17, 15) is 0 Å². The van der Waals surface area contributed by atoms with Gasteiger partial charge in [0.25, 0.3) is 0 Å². The summed E-state index contributed by atoms with van der Waals surface area (Å²) in [7, 11) is 0. The van der Waals surface area contributed by atoms with E-state index in [1.807, 2.05) is 0 Å². The largest absolute Gasteiger partial charge is 0.365 e. The van der Waals surface area contributed by atoms with Gasteiger partial charge in [-0.3, -0.25) is 0 Å². The predicted octanol–water partition coefficient (Wildman–Crippen LogP) is 4.08. The molecule has 90 valence electrons. The third-order valence-electron chi connectivity index (χ3n) is 5.03. The van der Waals surface area contributed by atoms with Crippen LogP contribution in [0.4, 0.5) is 0 Å². The van der Waals surface area contributed by atoms with Gasteiger partial charge in [0.05, 0.1) is 6.10 Å². The number of ether oxygens (including phenoxy) is 1. The Morgan fingerprint density at radius 3 is 2.50 bits per heavy atom. The van der Waals surface area contributed by atoms with Crippen molar-refractivity contribution in [1.29, 1.82) is 0 Å². The Bertz CT molecular complexity index is 348. The monoisotopic (exact) mass is 220 g/mol. The minimum Gasteiger partial charge on any atom is -0.365 e. The van der Waals surface area contributed by atoms with E-state index in [-0.39, 0.29) is 0 Å². The van der Waals surface area contributed by atoms with Crippen molar-refractivity contribution in [1.82, 2.24) is 0 Å². The molecule has 0 aromatic rings. The first kappa shape index (κ1) is 10.8. The zero-order valence-corrected chi connectivity index (χ0v) is 11.1. The van der Waals surface area contributed by atoms with Crippen molar-refractivity contribution in [2.45, 2.75) is 72.0 Å². The summed E-state index contributed by atoms with van der Waals surface area (Å²) < 4.78 is 5.90. The van der Waals surface area contributed by atoms with Gasteiger partial charge in [0.1, 0.15) is 6.10 Å². The zero-order chi connectivity index (χ0) is 11.6. The van der Waals surface area contributed by atoms with E-state index < -0.39 is 0 Å². The molecule has 0 aromatic heterocycles. The predicted molar refractivity (Wildman–Crippen MR) is 66.3 cm³/mol. The summed E-state index contributed by atoms with van der Waals surface area (Å²) in [4.78, 5) is 0. The van der Waals surface area contributed by atoms with E-state index in [1.165, 1.54) is 32.1 Å². The van der Waals surface area contributed by atoms with Gasteiger partial charge in [-0.05, 0) is 48.5 Å². The minimum absolute atomic E-state index is 0.384. The van der Waals surface area contributed by atoms with Crippen molar-refractivity contribution in [3.05, 3.63) is 11.1 Å². The molecule has 2 aliphatic carbocycles. The van der Waals surface area contributed by atoms with E-state index in [2.05, 4.69) is 27.7 Å². The molecule has 0 spiro atoms.